The molecule has 0 aromatic heterocycles. The van der Waals surface area contributed by atoms with Crippen LogP contribution < -0.4 is 10.8 Å². The molecule has 116 valence electrons. The van der Waals surface area contributed by atoms with Gasteiger partial charge in [0.2, 0.25) is 0 Å². The van der Waals surface area contributed by atoms with Gasteiger partial charge in [0.1, 0.15) is 5.54 Å². The lowest BCUT2D eigenvalue weighted by Crippen LogP contribution is -2.47. The van der Waals surface area contributed by atoms with Gasteiger partial charge in [0.25, 0.3) is 5.91 Å². The average Bonchev–Trinajstić information content (AvgIpc) is 2.50. The number of aryl methyl sites for hydroxylation is 1. The van der Waals surface area contributed by atoms with Gasteiger partial charge >= 0.3 is 0 Å². The molecular formula is C18H22N2O2. The van der Waals surface area contributed by atoms with E-state index in [4.69, 9.17) is 4.84 Å². The van der Waals surface area contributed by atoms with Gasteiger partial charge in [-0.3, -0.25) is 9.63 Å². The van der Waals surface area contributed by atoms with E-state index in [0.717, 1.165) is 16.8 Å². The number of amides is 1. The predicted octanol–water partition coefficient (Wildman–Crippen LogP) is 3.43. The maximum Gasteiger partial charge on any atom is 0.268 e. The van der Waals surface area contributed by atoms with Gasteiger partial charge in [-0.2, -0.15) is 0 Å². The van der Waals surface area contributed by atoms with Crippen molar-refractivity contribution in [2.75, 3.05) is 5.32 Å². The average molecular weight is 298 g/mol. The summed E-state index contributed by atoms with van der Waals surface area (Å²) < 4.78 is 0. The molecule has 4 nitrogen and oxygen atoms in total. The quantitative estimate of drug-likeness (QED) is 0.803. The second kappa shape index (κ2) is 7.09. The fourth-order valence-electron chi connectivity index (χ4n) is 1.99. The lowest BCUT2D eigenvalue weighted by molar-refractivity contribution is -0.138. The molecule has 0 radical (unpaired) electrons. The number of nitrogens with one attached hydrogen (secondary N) is 2. The predicted molar refractivity (Wildman–Crippen MR) is 88.3 cm³/mol. The highest BCUT2D eigenvalue weighted by Gasteiger charge is 2.28. The van der Waals surface area contributed by atoms with Gasteiger partial charge in [0.15, 0.2) is 0 Å². The van der Waals surface area contributed by atoms with E-state index < -0.39 is 5.54 Å². The van der Waals surface area contributed by atoms with Crippen LogP contribution in [0, 0.1) is 6.92 Å². The van der Waals surface area contributed by atoms with Crippen molar-refractivity contribution in [3.05, 3.63) is 65.7 Å². The SMILES string of the molecule is Cc1ccccc1NC(C)(C)C(=O)NOCc1ccccc1. The molecule has 0 aliphatic heterocycles. The molecule has 0 saturated heterocycles. The third-order valence-electron chi connectivity index (χ3n) is 3.41. The number of hydroxylamine groups is 1. The van der Waals surface area contributed by atoms with E-state index in [0.29, 0.717) is 6.61 Å². The Morgan fingerprint density at radius 1 is 1.05 bits per heavy atom. The van der Waals surface area contributed by atoms with Crippen molar-refractivity contribution < 1.29 is 9.63 Å². The Balaban J connectivity index is 1.89. The number of benzene rings is 2. The molecule has 2 aromatic rings. The van der Waals surface area contributed by atoms with E-state index in [9.17, 15) is 4.79 Å². The van der Waals surface area contributed by atoms with Crippen LogP contribution in [0.5, 0.6) is 0 Å². The van der Waals surface area contributed by atoms with Crippen molar-refractivity contribution >= 4 is 11.6 Å². The first-order chi connectivity index (χ1) is 10.5. The number of rotatable bonds is 6. The molecule has 22 heavy (non-hydrogen) atoms. The third kappa shape index (κ3) is 4.33. The lowest BCUT2D eigenvalue weighted by atomic mass is 10.0. The van der Waals surface area contributed by atoms with E-state index in [-0.39, 0.29) is 5.91 Å². The molecule has 0 heterocycles. The summed E-state index contributed by atoms with van der Waals surface area (Å²) in [4.78, 5) is 17.6. The van der Waals surface area contributed by atoms with E-state index in [1.165, 1.54) is 0 Å². The van der Waals surface area contributed by atoms with Crippen molar-refractivity contribution in [3.63, 3.8) is 0 Å². The molecule has 0 saturated carbocycles. The maximum atomic E-state index is 12.3. The Labute approximate surface area is 131 Å². The third-order valence-corrected chi connectivity index (χ3v) is 3.41. The first kappa shape index (κ1) is 16.0. The van der Waals surface area contributed by atoms with Gasteiger partial charge < -0.3 is 5.32 Å². The molecule has 0 spiro atoms. The van der Waals surface area contributed by atoms with Crippen molar-refractivity contribution in [3.8, 4) is 0 Å². The zero-order valence-corrected chi connectivity index (χ0v) is 13.2. The minimum atomic E-state index is -0.775. The fourth-order valence-corrected chi connectivity index (χ4v) is 1.99. The van der Waals surface area contributed by atoms with Crippen LogP contribution in [0.15, 0.2) is 54.6 Å². The zero-order valence-electron chi connectivity index (χ0n) is 13.2. The van der Waals surface area contributed by atoms with Crippen LogP contribution in [0.1, 0.15) is 25.0 Å². The first-order valence-corrected chi connectivity index (χ1v) is 7.29. The van der Waals surface area contributed by atoms with Gasteiger partial charge in [-0.25, -0.2) is 5.48 Å². The molecular weight excluding hydrogens is 276 g/mol. The molecule has 2 aromatic carbocycles. The largest absolute Gasteiger partial charge is 0.371 e. The summed E-state index contributed by atoms with van der Waals surface area (Å²) in [5.41, 5.74) is 4.77. The Kier molecular flexibility index (Phi) is 5.17. The van der Waals surface area contributed by atoms with Crippen LogP contribution in [0.2, 0.25) is 0 Å². The lowest BCUT2D eigenvalue weighted by Gasteiger charge is -2.26. The van der Waals surface area contributed by atoms with Gasteiger partial charge in [-0.15, -0.1) is 0 Å². The van der Waals surface area contributed by atoms with E-state index >= 15 is 0 Å². The molecule has 0 atom stereocenters. The van der Waals surface area contributed by atoms with Crippen LogP contribution in [0.25, 0.3) is 0 Å². The fraction of sp³-hybridized carbons (Fsp3) is 0.278. The summed E-state index contributed by atoms with van der Waals surface area (Å²) in [7, 11) is 0. The smallest absolute Gasteiger partial charge is 0.268 e. The normalized spacial score (nSPS) is 11.0. The minimum absolute atomic E-state index is 0.216. The van der Waals surface area contributed by atoms with Crippen molar-refractivity contribution in [2.24, 2.45) is 0 Å². The number of para-hydroxylation sites is 1. The Bertz CT molecular complexity index is 624. The number of hydrogen-bond acceptors (Lipinski definition) is 3. The Hall–Kier alpha value is -2.33. The molecule has 0 fully saturated rings. The molecule has 0 bridgehead atoms. The summed E-state index contributed by atoms with van der Waals surface area (Å²) in [5.74, 6) is -0.216. The second-order valence-electron chi connectivity index (χ2n) is 5.77. The number of carbonyl (C=O) groups excluding carboxylic acids is 1. The zero-order chi connectivity index (χ0) is 16.0. The number of anilines is 1. The monoisotopic (exact) mass is 298 g/mol. The van der Waals surface area contributed by atoms with Crippen LogP contribution in [0.4, 0.5) is 5.69 Å². The van der Waals surface area contributed by atoms with Crippen molar-refractivity contribution in [1.29, 1.82) is 0 Å². The van der Waals surface area contributed by atoms with Gasteiger partial charge in [0.05, 0.1) is 6.61 Å². The number of carbonyl (C=O) groups is 1. The summed E-state index contributed by atoms with van der Waals surface area (Å²) in [6.07, 6.45) is 0. The van der Waals surface area contributed by atoms with Crippen molar-refractivity contribution in [2.45, 2.75) is 32.9 Å². The highest BCUT2D eigenvalue weighted by Crippen LogP contribution is 2.19. The summed E-state index contributed by atoms with van der Waals surface area (Å²) >= 11 is 0. The van der Waals surface area contributed by atoms with Gasteiger partial charge in [0, 0.05) is 5.69 Å². The molecule has 1 amide bonds. The topological polar surface area (TPSA) is 50.4 Å². The van der Waals surface area contributed by atoms with Gasteiger partial charge in [-0.05, 0) is 38.0 Å². The van der Waals surface area contributed by atoms with E-state index in [1.807, 2.05) is 75.4 Å². The van der Waals surface area contributed by atoms with Crippen LogP contribution in [0.3, 0.4) is 0 Å². The summed E-state index contributed by atoms with van der Waals surface area (Å²) in [6.45, 7) is 5.98. The molecule has 2 rings (SSSR count). The molecule has 0 unspecified atom stereocenters. The maximum absolute atomic E-state index is 12.3. The highest BCUT2D eigenvalue weighted by molar-refractivity contribution is 5.87. The molecule has 0 aliphatic rings. The van der Waals surface area contributed by atoms with E-state index in [2.05, 4.69) is 10.8 Å². The minimum Gasteiger partial charge on any atom is -0.371 e. The standard InChI is InChI=1S/C18H22N2O2/c1-14-9-7-8-12-16(14)19-18(2,3)17(21)20-22-13-15-10-5-4-6-11-15/h4-12,19H,13H2,1-3H3,(H,20,21). The van der Waals surface area contributed by atoms with Gasteiger partial charge in [-0.1, -0.05) is 48.5 Å². The van der Waals surface area contributed by atoms with E-state index in [1.54, 1.807) is 0 Å². The molecule has 2 N–H and O–H groups in total. The number of hydrogen-bond donors (Lipinski definition) is 2. The second-order valence-corrected chi connectivity index (χ2v) is 5.77. The Morgan fingerprint density at radius 3 is 2.36 bits per heavy atom. The van der Waals surface area contributed by atoms with Crippen LogP contribution in [-0.4, -0.2) is 11.4 Å². The highest BCUT2D eigenvalue weighted by atomic mass is 16.6. The first-order valence-electron chi connectivity index (χ1n) is 7.29. The molecule has 4 heteroatoms. The summed E-state index contributed by atoms with van der Waals surface area (Å²) in [6, 6.07) is 17.6. The van der Waals surface area contributed by atoms with Crippen LogP contribution >= 0.6 is 0 Å². The molecule has 0 aliphatic carbocycles. The van der Waals surface area contributed by atoms with Crippen LogP contribution in [-0.2, 0) is 16.2 Å². The summed E-state index contributed by atoms with van der Waals surface area (Å²) in [5, 5.41) is 3.24. The van der Waals surface area contributed by atoms with Crippen molar-refractivity contribution in [1.82, 2.24) is 5.48 Å². The Morgan fingerprint density at radius 2 is 1.68 bits per heavy atom.